The molecule has 0 unspecified atom stereocenters. The molecule has 0 saturated heterocycles. The van der Waals surface area contributed by atoms with Crippen molar-refractivity contribution in [2.45, 2.75) is 38.6 Å². The molecule has 2 aromatic rings. The third kappa shape index (κ3) is 5.46. The van der Waals surface area contributed by atoms with Crippen molar-refractivity contribution in [2.24, 2.45) is 0 Å². The van der Waals surface area contributed by atoms with E-state index in [0.717, 1.165) is 24.2 Å². The normalized spacial score (nSPS) is 14.2. The molecule has 0 bridgehead atoms. The number of para-hydroxylation sites is 1. The van der Waals surface area contributed by atoms with Crippen molar-refractivity contribution in [3.05, 3.63) is 65.7 Å². The van der Waals surface area contributed by atoms with Crippen molar-refractivity contribution in [3.63, 3.8) is 0 Å². The van der Waals surface area contributed by atoms with E-state index in [2.05, 4.69) is 10.6 Å². The molecule has 3 rings (SSSR count). The largest absolute Gasteiger partial charge is 0.493 e. The summed E-state index contributed by atoms with van der Waals surface area (Å²) in [5, 5.41) is 5.86. The number of ether oxygens (including phenoxy) is 1. The number of anilines is 1. The van der Waals surface area contributed by atoms with Crippen molar-refractivity contribution >= 4 is 23.6 Å². The fourth-order valence-corrected chi connectivity index (χ4v) is 3.30. The van der Waals surface area contributed by atoms with Crippen LogP contribution in [-0.4, -0.2) is 24.5 Å². The Morgan fingerprint density at radius 2 is 1.79 bits per heavy atom. The second kappa shape index (κ2) is 9.74. The highest BCUT2D eigenvalue weighted by molar-refractivity contribution is 6.02. The van der Waals surface area contributed by atoms with Gasteiger partial charge in [0.05, 0.1) is 6.61 Å². The minimum atomic E-state index is -0.241. The molecular weight excluding hydrogens is 352 g/mol. The number of carbonyl (C=O) groups is 2. The molecule has 0 aromatic heterocycles. The highest BCUT2D eigenvalue weighted by Gasteiger charge is 2.17. The summed E-state index contributed by atoms with van der Waals surface area (Å²) in [5.41, 5.74) is 2.09. The van der Waals surface area contributed by atoms with Crippen LogP contribution in [0.5, 0.6) is 5.75 Å². The molecule has 2 aromatic carbocycles. The monoisotopic (exact) mass is 378 g/mol. The summed E-state index contributed by atoms with van der Waals surface area (Å²) >= 11 is 0. The van der Waals surface area contributed by atoms with E-state index in [1.54, 1.807) is 30.3 Å². The first-order valence-electron chi connectivity index (χ1n) is 9.77. The lowest BCUT2D eigenvalue weighted by Gasteiger charge is -2.12. The highest BCUT2D eigenvalue weighted by atomic mass is 16.5. The molecule has 2 N–H and O–H groups in total. The molecule has 5 heteroatoms. The zero-order chi connectivity index (χ0) is 19.8. The van der Waals surface area contributed by atoms with Gasteiger partial charge in [-0.15, -0.1) is 0 Å². The van der Waals surface area contributed by atoms with Crippen LogP contribution in [0.3, 0.4) is 0 Å². The molecule has 1 aliphatic carbocycles. The van der Waals surface area contributed by atoms with Crippen molar-refractivity contribution in [1.29, 1.82) is 0 Å². The zero-order valence-corrected chi connectivity index (χ0v) is 16.1. The Bertz CT molecular complexity index is 837. The summed E-state index contributed by atoms with van der Waals surface area (Å²) in [6.07, 6.45) is 7.66. The van der Waals surface area contributed by atoms with Gasteiger partial charge in [0, 0.05) is 28.9 Å². The number of carbonyl (C=O) groups excluding carboxylic acids is 2. The van der Waals surface area contributed by atoms with Crippen LogP contribution < -0.4 is 15.4 Å². The third-order valence-electron chi connectivity index (χ3n) is 4.74. The van der Waals surface area contributed by atoms with E-state index in [0.29, 0.717) is 17.9 Å². The lowest BCUT2D eigenvalue weighted by atomic mass is 10.1. The molecule has 0 spiro atoms. The Kier molecular flexibility index (Phi) is 6.84. The second-order valence-corrected chi connectivity index (χ2v) is 6.83. The standard InChI is InChI=1S/C23H26N2O3/c1-2-28-21-10-6-3-7-17(21)13-16-22(26)24-20-14-11-18(12-15-20)23(27)25-19-8-4-5-9-19/h3,6-7,10-16,19H,2,4-5,8-9H2,1H3,(H,24,26)(H,25,27)/b16-13+. The number of amides is 2. The van der Waals surface area contributed by atoms with Crippen LogP contribution >= 0.6 is 0 Å². The number of nitrogens with one attached hydrogen (secondary N) is 2. The smallest absolute Gasteiger partial charge is 0.251 e. The predicted molar refractivity (Wildman–Crippen MR) is 111 cm³/mol. The second-order valence-electron chi connectivity index (χ2n) is 6.83. The maximum absolute atomic E-state index is 12.3. The van der Waals surface area contributed by atoms with Crippen LogP contribution in [0.15, 0.2) is 54.6 Å². The summed E-state index contributed by atoms with van der Waals surface area (Å²) in [7, 11) is 0. The van der Waals surface area contributed by atoms with E-state index in [1.165, 1.54) is 18.9 Å². The van der Waals surface area contributed by atoms with Crippen LogP contribution in [0.25, 0.3) is 6.08 Å². The quantitative estimate of drug-likeness (QED) is 0.701. The number of hydrogen-bond acceptors (Lipinski definition) is 3. The van der Waals surface area contributed by atoms with Crippen LogP contribution in [0, 0.1) is 0 Å². The van der Waals surface area contributed by atoms with Gasteiger partial charge >= 0.3 is 0 Å². The lowest BCUT2D eigenvalue weighted by molar-refractivity contribution is -0.111. The highest BCUT2D eigenvalue weighted by Crippen LogP contribution is 2.20. The molecule has 2 amide bonds. The van der Waals surface area contributed by atoms with Gasteiger partial charge < -0.3 is 15.4 Å². The summed E-state index contributed by atoms with van der Waals surface area (Å²) < 4.78 is 5.55. The third-order valence-corrected chi connectivity index (χ3v) is 4.74. The molecular formula is C23H26N2O3. The minimum Gasteiger partial charge on any atom is -0.493 e. The minimum absolute atomic E-state index is 0.0581. The first-order chi connectivity index (χ1) is 13.7. The summed E-state index contributed by atoms with van der Waals surface area (Å²) in [5.74, 6) is 0.443. The maximum atomic E-state index is 12.3. The Morgan fingerprint density at radius 1 is 1.07 bits per heavy atom. The Labute approximate surface area is 165 Å². The predicted octanol–water partition coefficient (Wildman–Crippen LogP) is 4.41. The fourth-order valence-electron chi connectivity index (χ4n) is 3.30. The Balaban J connectivity index is 1.56. The molecule has 0 aliphatic heterocycles. The summed E-state index contributed by atoms with van der Waals surface area (Å²) in [4.78, 5) is 24.4. The maximum Gasteiger partial charge on any atom is 0.251 e. The Morgan fingerprint density at radius 3 is 2.50 bits per heavy atom. The summed E-state index contributed by atoms with van der Waals surface area (Å²) in [6, 6.07) is 14.8. The Hall–Kier alpha value is -3.08. The van der Waals surface area contributed by atoms with Gasteiger partial charge in [0.1, 0.15) is 5.75 Å². The van der Waals surface area contributed by atoms with Gasteiger partial charge in [0.15, 0.2) is 0 Å². The molecule has 1 aliphatic rings. The average molecular weight is 378 g/mol. The van der Waals surface area contributed by atoms with Crippen molar-refractivity contribution in [1.82, 2.24) is 5.32 Å². The molecule has 28 heavy (non-hydrogen) atoms. The van der Waals surface area contributed by atoms with E-state index >= 15 is 0 Å². The first kappa shape index (κ1) is 19.7. The van der Waals surface area contributed by atoms with Crippen molar-refractivity contribution < 1.29 is 14.3 Å². The van der Waals surface area contributed by atoms with Gasteiger partial charge in [-0.25, -0.2) is 0 Å². The molecule has 5 nitrogen and oxygen atoms in total. The van der Waals surface area contributed by atoms with Crippen LogP contribution in [0.4, 0.5) is 5.69 Å². The fraction of sp³-hybridized carbons (Fsp3) is 0.304. The number of hydrogen-bond donors (Lipinski definition) is 2. The topological polar surface area (TPSA) is 67.4 Å². The zero-order valence-electron chi connectivity index (χ0n) is 16.1. The van der Waals surface area contributed by atoms with Gasteiger partial charge in [-0.05, 0) is 56.2 Å². The molecule has 0 radical (unpaired) electrons. The van der Waals surface area contributed by atoms with E-state index in [4.69, 9.17) is 4.74 Å². The van der Waals surface area contributed by atoms with Crippen LogP contribution in [0.1, 0.15) is 48.5 Å². The molecule has 1 fully saturated rings. The van der Waals surface area contributed by atoms with E-state index < -0.39 is 0 Å². The first-order valence-corrected chi connectivity index (χ1v) is 9.77. The SMILES string of the molecule is CCOc1ccccc1/C=C/C(=O)Nc1ccc(C(=O)NC2CCCC2)cc1. The van der Waals surface area contributed by atoms with Crippen LogP contribution in [-0.2, 0) is 4.79 Å². The van der Waals surface area contributed by atoms with Crippen molar-refractivity contribution in [3.8, 4) is 5.75 Å². The van der Waals surface area contributed by atoms with Gasteiger partial charge in [-0.2, -0.15) is 0 Å². The van der Waals surface area contributed by atoms with E-state index in [9.17, 15) is 9.59 Å². The van der Waals surface area contributed by atoms with Crippen molar-refractivity contribution in [2.75, 3.05) is 11.9 Å². The van der Waals surface area contributed by atoms with Gasteiger partial charge in [-0.3, -0.25) is 9.59 Å². The lowest BCUT2D eigenvalue weighted by Crippen LogP contribution is -2.32. The van der Waals surface area contributed by atoms with E-state index in [-0.39, 0.29) is 17.9 Å². The molecule has 1 saturated carbocycles. The summed E-state index contributed by atoms with van der Waals surface area (Å²) in [6.45, 7) is 2.49. The van der Waals surface area contributed by atoms with Crippen LogP contribution in [0.2, 0.25) is 0 Å². The average Bonchev–Trinajstić information content (AvgIpc) is 3.21. The molecule has 146 valence electrons. The molecule has 0 heterocycles. The van der Waals surface area contributed by atoms with E-state index in [1.807, 2.05) is 31.2 Å². The van der Waals surface area contributed by atoms with Gasteiger partial charge in [0.25, 0.3) is 5.91 Å². The molecule has 0 atom stereocenters. The number of rotatable bonds is 7. The van der Waals surface area contributed by atoms with Gasteiger partial charge in [-0.1, -0.05) is 31.0 Å². The number of benzene rings is 2. The van der Waals surface area contributed by atoms with Gasteiger partial charge in [0.2, 0.25) is 5.91 Å².